The van der Waals surface area contributed by atoms with Crippen LogP contribution in [0.2, 0.25) is 0 Å². The van der Waals surface area contributed by atoms with Crippen LogP contribution in [0.5, 0.6) is 0 Å². The van der Waals surface area contributed by atoms with Crippen molar-refractivity contribution in [2.24, 2.45) is 0 Å². The molecule has 0 saturated heterocycles. The minimum absolute atomic E-state index is 0.388. The maximum absolute atomic E-state index is 4.42. The molecule has 1 aromatic rings. The van der Waals surface area contributed by atoms with Crippen molar-refractivity contribution in [1.82, 2.24) is 10.3 Å². The molecule has 15 heavy (non-hydrogen) atoms. The van der Waals surface area contributed by atoms with E-state index >= 15 is 0 Å². The van der Waals surface area contributed by atoms with E-state index < -0.39 is 0 Å². The molecule has 0 aromatic carbocycles. The molecule has 0 spiro atoms. The lowest BCUT2D eigenvalue weighted by Crippen LogP contribution is -2.21. The number of nitrogens with zero attached hydrogens (tertiary/aromatic N) is 2. The molecule has 1 heterocycles. The number of hydrogen-bond acceptors (Lipinski definition) is 3. The zero-order valence-electron chi connectivity index (χ0n) is 9.70. The van der Waals surface area contributed by atoms with Gasteiger partial charge in [0, 0.05) is 25.3 Å². The summed E-state index contributed by atoms with van der Waals surface area (Å²) in [6.45, 7) is 2.16. The fraction of sp³-hybridized carbons (Fsp3) is 0.583. The Labute approximate surface area is 91.5 Å². The molecular weight excluding hydrogens is 186 g/mol. The van der Waals surface area contributed by atoms with E-state index in [1.54, 1.807) is 0 Å². The Morgan fingerprint density at radius 3 is 2.87 bits per heavy atom. The van der Waals surface area contributed by atoms with Gasteiger partial charge < -0.3 is 10.2 Å². The van der Waals surface area contributed by atoms with Gasteiger partial charge in [-0.3, -0.25) is 0 Å². The van der Waals surface area contributed by atoms with Crippen LogP contribution in [0.25, 0.3) is 0 Å². The second-order valence-corrected chi connectivity index (χ2v) is 4.30. The quantitative estimate of drug-likeness (QED) is 0.814. The molecule has 0 bridgehead atoms. The summed E-state index contributed by atoms with van der Waals surface area (Å²) in [6.07, 6.45) is 4.52. The minimum Gasteiger partial charge on any atom is -0.357 e. The molecule has 0 radical (unpaired) electrons. The van der Waals surface area contributed by atoms with Crippen molar-refractivity contribution in [2.45, 2.75) is 31.8 Å². The van der Waals surface area contributed by atoms with Crippen molar-refractivity contribution in [3.8, 4) is 0 Å². The highest BCUT2D eigenvalue weighted by Gasteiger charge is 2.27. The van der Waals surface area contributed by atoms with E-state index in [9.17, 15) is 0 Å². The molecule has 2 rings (SSSR count). The first-order valence-electron chi connectivity index (χ1n) is 5.58. The van der Waals surface area contributed by atoms with E-state index in [0.29, 0.717) is 6.04 Å². The Bertz CT molecular complexity index is 333. The first-order valence-corrected chi connectivity index (χ1v) is 5.58. The average Bonchev–Trinajstić information content (AvgIpc) is 3.11. The van der Waals surface area contributed by atoms with Crippen LogP contribution >= 0.6 is 0 Å². The van der Waals surface area contributed by atoms with Crippen molar-refractivity contribution in [3.05, 3.63) is 23.9 Å². The number of pyridine rings is 1. The van der Waals surface area contributed by atoms with Crippen LogP contribution in [0.1, 0.15) is 31.4 Å². The van der Waals surface area contributed by atoms with Crippen LogP contribution in [0.3, 0.4) is 0 Å². The van der Waals surface area contributed by atoms with Gasteiger partial charge >= 0.3 is 0 Å². The molecular formula is C12H19N3. The van der Waals surface area contributed by atoms with Gasteiger partial charge in [-0.05, 0) is 44.5 Å². The monoisotopic (exact) mass is 205 g/mol. The predicted octanol–water partition coefficient (Wildman–Crippen LogP) is 1.96. The van der Waals surface area contributed by atoms with Gasteiger partial charge in [0.2, 0.25) is 0 Å². The van der Waals surface area contributed by atoms with Gasteiger partial charge in [-0.15, -0.1) is 0 Å². The zero-order valence-corrected chi connectivity index (χ0v) is 9.70. The Morgan fingerprint density at radius 2 is 2.27 bits per heavy atom. The molecule has 1 aromatic heterocycles. The lowest BCUT2D eigenvalue weighted by Gasteiger charge is -2.19. The molecule has 1 fully saturated rings. The summed E-state index contributed by atoms with van der Waals surface area (Å²) in [5, 5.41) is 3.25. The van der Waals surface area contributed by atoms with Crippen LogP contribution in [-0.4, -0.2) is 25.1 Å². The van der Waals surface area contributed by atoms with Crippen LogP contribution < -0.4 is 10.2 Å². The van der Waals surface area contributed by atoms with Crippen LogP contribution in [0, 0.1) is 0 Å². The molecule has 3 heteroatoms. The zero-order chi connectivity index (χ0) is 10.8. The van der Waals surface area contributed by atoms with Gasteiger partial charge in [-0.25, -0.2) is 4.98 Å². The lowest BCUT2D eigenvalue weighted by molar-refractivity contribution is 0.651. The fourth-order valence-electron chi connectivity index (χ4n) is 1.71. The average molecular weight is 205 g/mol. The molecule has 82 valence electrons. The van der Waals surface area contributed by atoms with Gasteiger partial charge in [0.25, 0.3) is 0 Å². The summed E-state index contributed by atoms with van der Waals surface area (Å²) in [5.74, 6) is 1.09. The van der Waals surface area contributed by atoms with Gasteiger partial charge in [0.15, 0.2) is 0 Å². The summed E-state index contributed by atoms with van der Waals surface area (Å²) >= 11 is 0. The summed E-state index contributed by atoms with van der Waals surface area (Å²) < 4.78 is 0. The van der Waals surface area contributed by atoms with E-state index in [1.165, 1.54) is 18.4 Å². The van der Waals surface area contributed by atoms with Crippen molar-refractivity contribution < 1.29 is 0 Å². The van der Waals surface area contributed by atoms with Gasteiger partial charge in [0.05, 0.1) is 0 Å². The number of anilines is 1. The Morgan fingerprint density at radius 1 is 1.53 bits per heavy atom. The summed E-state index contributed by atoms with van der Waals surface area (Å²) in [4.78, 5) is 6.70. The van der Waals surface area contributed by atoms with Crippen molar-refractivity contribution in [2.75, 3.05) is 19.0 Å². The normalized spacial score (nSPS) is 17.5. The van der Waals surface area contributed by atoms with Crippen molar-refractivity contribution in [1.29, 1.82) is 0 Å². The van der Waals surface area contributed by atoms with Crippen LogP contribution in [0.15, 0.2) is 18.3 Å². The molecule has 1 saturated carbocycles. The fourth-order valence-corrected chi connectivity index (χ4v) is 1.71. The highest BCUT2D eigenvalue weighted by molar-refractivity contribution is 5.43. The smallest absolute Gasteiger partial charge is 0.128 e. The third-order valence-electron chi connectivity index (χ3n) is 3.16. The second-order valence-electron chi connectivity index (χ2n) is 4.30. The molecule has 1 unspecified atom stereocenters. The van der Waals surface area contributed by atoms with E-state index in [4.69, 9.17) is 0 Å². The first-order chi connectivity index (χ1) is 7.22. The Kier molecular flexibility index (Phi) is 2.91. The maximum atomic E-state index is 4.42. The number of nitrogens with one attached hydrogen (secondary N) is 1. The van der Waals surface area contributed by atoms with E-state index in [-0.39, 0.29) is 0 Å². The van der Waals surface area contributed by atoms with Gasteiger partial charge in [0.1, 0.15) is 5.82 Å². The topological polar surface area (TPSA) is 28.2 Å². The minimum atomic E-state index is 0.388. The highest BCUT2D eigenvalue weighted by Crippen LogP contribution is 2.29. The van der Waals surface area contributed by atoms with Crippen LogP contribution in [-0.2, 0) is 0 Å². The molecule has 3 nitrogen and oxygen atoms in total. The summed E-state index contributed by atoms with van der Waals surface area (Å²) in [7, 11) is 4.11. The molecule has 0 aliphatic heterocycles. The first kappa shape index (κ1) is 10.4. The molecule has 1 atom stereocenters. The largest absolute Gasteiger partial charge is 0.357 e. The standard InChI is InChI=1S/C12H19N3/c1-9(13-2)10-6-7-14-12(8-10)15(3)11-4-5-11/h6-9,11,13H,4-5H2,1-3H3. The molecule has 0 amide bonds. The SMILES string of the molecule is CNC(C)c1ccnc(N(C)C2CC2)c1. The molecule has 1 N–H and O–H groups in total. The molecule has 1 aliphatic rings. The van der Waals surface area contributed by atoms with Crippen molar-refractivity contribution in [3.63, 3.8) is 0 Å². The lowest BCUT2D eigenvalue weighted by atomic mass is 10.1. The van der Waals surface area contributed by atoms with Gasteiger partial charge in [-0.2, -0.15) is 0 Å². The van der Waals surface area contributed by atoms with Gasteiger partial charge in [-0.1, -0.05) is 0 Å². The maximum Gasteiger partial charge on any atom is 0.128 e. The number of hydrogen-bond donors (Lipinski definition) is 1. The third-order valence-corrected chi connectivity index (χ3v) is 3.16. The van der Waals surface area contributed by atoms with E-state index in [1.807, 2.05) is 13.2 Å². The highest BCUT2D eigenvalue weighted by atomic mass is 15.2. The molecule has 1 aliphatic carbocycles. The second kappa shape index (κ2) is 4.19. The van der Waals surface area contributed by atoms with Crippen molar-refractivity contribution >= 4 is 5.82 Å². The Balaban J connectivity index is 2.17. The Hall–Kier alpha value is -1.09. The van der Waals surface area contributed by atoms with Crippen LogP contribution in [0.4, 0.5) is 5.82 Å². The van der Waals surface area contributed by atoms with E-state index in [0.717, 1.165) is 11.9 Å². The van der Waals surface area contributed by atoms with E-state index in [2.05, 4.69) is 41.3 Å². The number of aromatic nitrogens is 1. The third kappa shape index (κ3) is 2.29. The summed E-state index contributed by atoms with van der Waals surface area (Å²) in [5.41, 5.74) is 1.30. The number of rotatable bonds is 4. The summed E-state index contributed by atoms with van der Waals surface area (Å²) in [6, 6.07) is 5.36. The predicted molar refractivity (Wildman–Crippen MR) is 63.1 cm³/mol.